The fourth-order valence-electron chi connectivity index (χ4n) is 2.27. The zero-order chi connectivity index (χ0) is 18.0. The van der Waals surface area contributed by atoms with Gasteiger partial charge >= 0.3 is 6.09 Å². The highest BCUT2D eigenvalue weighted by Crippen LogP contribution is 2.20. The molecule has 24 heavy (non-hydrogen) atoms. The van der Waals surface area contributed by atoms with Gasteiger partial charge in [-0.15, -0.1) is 0 Å². The van der Waals surface area contributed by atoms with Crippen molar-refractivity contribution in [3.8, 4) is 0 Å². The van der Waals surface area contributed by atoms with E-state index in [2.05, 4.69) is 10.6 Å². The summed E-state index contributed by atoms with van der Waals surface area (Å²) in [5.74, 6) is -0.363. The van der Waals surface area contributed by atoms with Crippen molar-refractivity contribution in [2.75, 3.05) is 46.6 Å². The number of carbonyl (C=O) groups is 2. The molecule has 8 nitrogen and oxygen atoms in total. The topological polar surface area (TPSA) is 95.1 Å². The highest BCUT2D eigenvalue weighted by atomic mass is 16.6. The summed E-state index contributed by atoms with van der Waals surface area (Å²) in [5, 5.41) is 5.48. The van der Waals surface area contributed by atoms with Gasteiger partial charge in [0, 0.05) is 26.8 Å². The lowest BCUT2D eigenvalue weighted by Crippen LogP contribution is -2.43. The number of methoxy groups -OCH3 is 1. The zero-order valence-corrected chi connectivity index (χ0v) is 15.1. The molecule has 1 heterocycles. The monoisotopic (exact) mass is 346 g/mol. The van der Waals surface area contributed by atoms with Gasteiger partial charge in [-0.05, 0) is 27.2 Å². The van der Waals surface area contributed by atoms with E-state index in [1.165, 1.54) is 0 Å². The highest BCUT2D eigenvalue weighted by molar-refractivity contribution is 5.79. The van der Waals surface area contributed by atoms with Crippen LogP contribution in [0.1, 0.15) is 27.2 Å². The molecule has 0 spiro atoms. The molecule has 0 unspecified atom stereocenters. The molecule has 1 rings (SSSR count). The minimum atomic E-state index is -0.555. The van der Waals surface area contributed by atoms with Crippen LogP contribution in [0.2, 0.25) is 0 Å². The van der Waals surface area contributed by atoms with Crippen molar-refractivity contribution in [2.24, 2.45) is 5.92 Å². The van der Waals surface area contributed by atoms with Crippen molar-refractivity contribution in [3.05, 3.63) is 0 Å². The van der Waals surface area contributed by atoms with Crippen LogP contribution in [0.15, 0.2) is 0 Å². The Hall–Kier alpha value is -1.38. The third kappa shape index (κ3) is 8.47. The Bertz CT molecular complexity index is 397. The second kappa shape index (κ2) is 10.5. The predicted molar refractivity (Wildman–Crippen MR) is 87.8 cm³/mol. The van der Waals surface area contributed by atoms with E-state index in [4.69, 9.17) is 18.9 Å². The summed E-state index contributed by atoms with van der Waals surface area (Å²) in [4.78, 5) is 23.9. The van der Waals surface area contributed by atoms with Crippen LogP contribution in [0.5, 0.6) is 0 Å². The maximum atomic E-state index is 12.2. The molecule has 0 radical (unpaired) electrons. The summed E-state index contributed by atoms with van der Waals surface area (Å²) in [7, 11) is 1.61. The molecule has 1 aliphatic rings. The average Bonchev–Trinajstić information content (AvgIpc) is 2.95. The number of alkyl carbamates (subject to hydrolysis) is 1. The predicted octanol–water partition coefficient (Wildman–Crippen LogP) is 0.695. The van der Waals surface area contributed by atoms with E-state index in [1.807, 2.05) is 0 Å². The maximum absolute atomic E-state index is 12.2. The van der Waals surface area contributed by atoms with Gasteiger partial charge in [0.15, 0.2) is 0 Å². The van der Waals surface area contributed by atoms with Gasteiger partial charge in [-0.3, -0.25) is 4.79 Å². The van der Waals surface area contributed by atoms with Gasteiger partial charge in [0.05, 0.1) is 31.8 Å². The third-order valence-electron chi connectivity index (χ3n) is 3.37. The molecule has 1 saturated heterocycles. The van der Waals surface area contributed by atoms with E-state index in [0.717, 1.165) is 0 Å². The average molecular weight is 346 g/mol. The molecule has 140 valence electrons. The first-order chi connectivity index (χ1) is 11.3. The number of nitrogens with one attached hydrogen (secondary N) is 2. The molecule has 0 saturated carbocycles. The van der Waals surface area contributed by atoms with Crippen LogP contribution in [-0.2, 0) is 23.7 Å². The molecule has 8 heteroatoms. The molecule has 0 aromatic carbocycles. The number of rotatable bonds is 9. The molecule has 0 aromatic heterocycles. The quantitative estimate of drug-likeness (QED) is 0.597. The van der Waals surface area contributed by atoms with Crippen LogP contribution in [0.3, 0.4) is 0 Å². The maximum Gasteiger partial charge on any atom is 0.407 e. The zero-order valence-electron chi connectivity index (χ0n) is 15.1. The van der Waals surface area contributed by atoms with E-state index in [-0.39, 0.29) is 24.5 Å². The Morgan fingerprint density at radius 3 is 2.58 bits per heavy atom. The lowest BCUT2D eigenvalue weighted by molar-refractivity contribution is -0.126. The van der Waals surface area contributed by atoms with Crippen LogP contribution in [0.4, 0.5) is 4.79 Å². The Kier molecular flexibility index (Phi) is 9.02. The van der Waals surface area contributed by atoms with Gasteiger partial charge in [0.2, 0.25) is 5.91 Å². The second-order valence-electron chi connectivity index (χ2n) is 6.58. The number of ether oxygens (including phenoxy) is 4. The molecule has 0 aliphatic carbocycles. The summed E-state index contributed by atoms with van der Waals surface area (Å²) in [6.45, 7) is 8.04. The van der Waals surface area contributed by atoms with Crippen LogP contribution in [0.25, 0.3) is 0 Å². The first-order valence-electron chi connectivity index (χ1n) is 8.26. The minimum absolute atomic E-state index is 0.0844. The van der Waals surface area contributed by atoms with Crippen molar-refractivity contribution in [2.45, 2.75) is 38.9 Å². The smallest absolute Gasteiger partial charge is 0.407 e. The molecule has 1 aliphatic heterocycles. The largest absolute Gasteiger partial charge is 0.444 e. The minimum Gasteiger partial charge on any atom is -0.444 e. The Balaban J connectivity index is 2.26. The van der Waals surface area contributed by atoms with Gasteiger partial charge in [0.1, 0.15) is 5.60 Å². The van der Waals surface area contributed by atoms with Crippen molar-refractivity contribution < 1.29 is 28.5 Å². The van der Waals surface area contributed by atoms with Gasteiger partial charge in [-0.2, -0.15) is 0 Å². The van der Waals surface area contributed by atoms with Gasteiger partial charge < -0.3 is 29.6 Å². The molecule has 2 N–H and O–H groups in total. The fraction of sp³-hybridized carbons (Fsp3) is 0.875. The summed E-state index contributed by atoms with van der Waals surface area (Å²) < 4.78 is 20.9. The summed E-state index contributed by atoms with van der Waals surface area (Å²) >= 11 is 0. The summed E-state index contributed by atoms with van der Waals surface area (Å²) in [5.41, 5.74) is -0.555. The Morgan fingerprint density at radius 1 is 1.17 bits per heavy atom. The summed E-state index contributed by atoms with van der Waals surface area (Å²) in [6.07, 6.45) is -0.215. The third-order valence-corrected chi connectivity index (χ3v) is 3.37. The van der Waals surface area contributed by atoms with Crippen LogP contribution < -0.4 is 10.6 Å². The number of hydrogen-bond acceptors (Lipinski definition) is 6. The van der Waals surface area contributed by atoms with E-state index in [1.54, 1.807) is 27.9 Å². The van der Waals surface area contributed by atoms with Crippen LogP contribution in [-0.4, -0.2) is 70.3 Å². The van der Waals surface area contributed by atoms with Crippen molar-refractivity contribution in [3.63, 3.8) is 0 Å². The lowest BCUT2D eigenvalue weighted by atomic mass is 10.0. The first kappa shape index (κ1) is 20.7. The standard InChI is InChI=1S/C16H30N2O6/c1-16(2,3)24-15(20)18-11-13-12(5-7-23-13)14(19)17-6-8-22-10-9-21-4/h12-13H,5-11H2,1-4H3,(H,17,19)(H,18,20)/t12-,13-/m1/s1. The van der Waals surface area contributed by atoms with Crippen molar-refractivity contribution >= 4 is 12.0 Å². The SMILES string of the molecule is COCCOCCNC(=O)[C@@H]1CCO[C@@H]1CNC(=O)OC(C)(C)C. The Morgan fingerprint density at radius 2 is 1.92 bits per heavy atom. The van der Waals surface area contributed by atoms with Gasteiger partial charge in [-0.25, -0.2) is 4.79 Å². The van der Waals surface area contributed by atoms with E-state index >= 15 is 0 Å². The van der Waals surface area contributed by atoms with E-state index in [9.17, 15) is 9.59 Å². The molecule has 0 aromatic rings. The Labute approximate surface area is 143 Å². The van der Waals surface area contributed by atoms with Crippen molar-refractivity contribution in [1.29, 1.82) is 0 Å². The number of hydrogen-bond donors (Lipinski definition) is 2. The fourth-order valence-corrected chi connectivity index (χ4v) is 2.27. The number of carbonyl (C=O) groups excluding carboxylic acids is 2. The summed E-state index contributed by atoms with van der Waals surface area (Å²) in [6, 6.07) is 0. The second-order valence-corrected chi connectivity index (χ2v) is 6.58. The van der Waals surface area contributed by atoms with E-state index in [0.29, 0.717) is 39.4 Å². The molecular formula is C16H30N2O6. The molecule has 2 amide bonds. The molecule has 1 fully saturated rings. The molecule has 0 bridgehead atoms. The molecule has 2 atom stereocenters. The highest BCUT2D eigenvalue weighted by Gasteiger charge is 2.34. The van der Waals surface area contributed by atoms with Crippen LogP contribution in [0, 0.1) is 5.92 Å². The first-order valence-corrected chi connectivity index (χ1v) is 8.26. The van der Waals surface area contributed by atoms with Crippen LogP contribution >= 0.6 is 0 Å². The normalized spacial score (nSPS) is 20.7. The lowest BCUT2D eigenvalue weighted by Gasteiger charge is -2.22. The number of amides is 2. The van der Waals surface area contributed by atoms with Gasteiger partial charge in [0.25, 0.3) is 0 Å². The molecular weight excluding hydrogens is 316 g/mol. The van der Waals surface area contributed by atoms with Gasteiger partial charge in [-0.1, -0.05) is 0 Å². The van der Waals surface area contributed by atoms with Crippen molar-refractivity contribution in [1.82, 2.24) is 10.6 Å². The van der Waals surface area contributed by atoms with E-state index < -0.39 is 11.7 Å².